The monoisotopic (exact) mass is 240 g/mol. The molecule has 1 aliphatic heterocycles. The maximum Gasteiger partial charge on any atom is 0.222 e. The summed E-state index contributed by atoms with van der Waals surface area (Å²) in [5, 5.41) is 0. The Kier molecular flexibility index (Phi) is 6.56. The van der Waals surface area contributed by atoms with Crippen molar-refractivity contribution in [3.8, 4) is 0 Å². The molecule has 1 aliphatic rings. The molecule has 1 fully saturated rings. The quantitative estimate of drug-likeness (QED) is 0.742. The van der Waals surface area contributed by atoms with E-state index in [1.807, 2.05) is 4.90 Å². The second-order valence-electron chi connectivity index (χ2n) is 5.35. The molecule has 0 aromatic heterocycles. The highest BCUT2D eigenvalue weighted by molar-refractivity contribution is 5.76. The molecule has 2 unspecified atom stereocenters. The summed E-state index contributed by atoms with van der Waals surface area (Å²) in [5.41, 5.74) is 5.65. The van der Waals surface area contributed by atoms with Crippen molar-refractivity contribution in [3.05, 3.63) is 0 Å². The van der Waals surface area contributed by atoms with Gasteiger partial charge >= 0.3 is 0 Å². The number of hydrogen-bond acceptors (Lipinski definition) is 2. The van der Waals surface area contributed by atoms with E-state index >= 15 is 0 Å². The van der Waals surface area contributed by atoms with Crippen molar-refractivity contribution in [1.29, 1.82) is 0 Å². The lowest BCUT2D eigenvalue weighted by Crippen LogP contribution is -2.31. The molecule has 0 aromatic rings. The number of carbonyl (C=O) groups excluding carboxylic acids is 1. The van der Waals surface area contributed by atoms with E-state index in [1.165, 1.54) is 19.3 Å². The van der Waals surface area contributed by atoms with E-state index < -0.39 is 0 Å². The first kappa shape index (κ1) is 14.5. The predicted molar refractivity (Wildman–Crippen MR) is 71.7 cm³/mol. The number of hydrogen-bond donors (Lipinski definition) is 1. The fraction of sp³-hybridized carbons (Fsp3) is 0.929. The Balaban J connectivity index is 2.32. The lowest BCUT2D eigenvalue weighted by atomic mass is 9.95. The van der Waals surface area contributed by atoms with Crippen molar-refractivity contribution in [2.45, 2.75) is 52.4 Å². The molecule has 0 radical (unpaired) electrons. The molecule has 2 N–H and O–H groups in total. The summed E-state index contributed by atoms with van der Waals surface area (Å²) in [4.78, 5) is 14.1. The molecule has 1 heterocycles. The van der Waals surface area contributed by atoms with Crippen molar-refractivity contribution in [1.82, 2.24) is 4.90 Å². The molecule has 1 rings (SSSR count). The van der Waals surface area contributed by atoms with Crippen molar-refractivity contribution < 1.29 is 4.79 Å². The molecule has 2 atom stereocenters. The zero-order chi connectivity index (χ0) is 12.7. The second kappa shape index (κ2) is 7.70. The Morgan fingerprint density at radius 3 is 2.76 bits per heavy atom. The molecule has 3 heteroatoms. The van der Waals surface area contributed by atoms with Gasteiger partial charge in [0.2, 0.25) is 5.91 Å². The summed E-state index contributed by atoms with van der Waals surface area (Å²) in [5.74, 6) is 1.47. The van der Waals surface area contributed by atoms with Crippen LogP contribution in [0.25, 0.3) is 0 Å². The van der Waals surface area contributed by atoms with E-state index in [1.54, 1.807) is 0 Å². The van der Waals surface area contributed by atoms with E-state index in [-0.39, 0.29) is 0 Å². The highest BCUT2D eigenvalue weighted by Gasteiger charge is 2.26. The van der Waals surface area contributed by atoms with Gasteiger partial charge in [0, 0.05) is 19.5 Å². The Morgan fingerprint density at radius 1 is 1.47 bits per heavy atom. The van der Waals surface area contributed by atoms with Crippen LogP contribution in [0.2, 0.25) is 0 Å². The third-order valence-corrected chi connectivity index (χ3v) is 3.98. The Bertz CT molecular complexity index is 230. The van der Waals surface area contributed by atoms with Crippen LogP contribution in [0.4, 0.5) is 0 Å². The Labute approximate surface area is 106 Å². The summed E-state index contributed by atoms with van der Waals surface area (Å²) in [7, 11) is 0. The standard InChI is InChI=1S/C14H28N2O/c1-3-5-6-12(4-2)9-14(17)16-8-7-13(10-15)11-16/h12-13H,3-11,15H2,1-2H3. The Morgan fingerprint density at radius 2 is 2.24 bits per heavy atom. The fourth-order valence-corrected chi connectivity index (χ4v) is 2.57. The zero-order valence-electron chi connectivity index (χ0n) is 11.5. The minimum atomic E-state index is 0.351. The van der Waals surface area contributed by atoms with Crippen LogP contribution in [-0.4, -0.2) is 30.4 Å². The van der Waals surface area contributed by atoms with Crippen LogP contribution in [0.5, 0.6) is 0 Å². The normalized spacial score (nSPS) is 21.8. The topological polar surface area (TPSA) is 46.3 Å². The molecule has 0 aliphatic carbocycles. The molecular formula is C14H28N2O. The number of nitrogens with zero attached hydrogens (tertiary/aromatic N) is 1. The van der Waals surface area contributed by atoms with Gasteiger partial charge in [-0.1, -0.05) is 33.1 Å². The molecule has 1 amide bonds. The summed E-state index contributed by atoms with van der Waals surface area (Å²) >= 11 is 0. The molecule has 0 spiro atoms. The first-order chi connectivity index (χ1) is 8.21. The molecular weight excluding hydrogens is 212 g/mol. The molecule has 3 nitrogen and oxygen atoms in total. The largest absolute Gasteiger partial charge is 0.342 e. The van der Waals surface area contributed by atoms with Crippen molar-refractivity contribution in [3.63, 3.8) is 0 Å². The van der Waals surface area contributed by atoms with Gasteiger partial charge in [-0.05, 0) is 31.2 Å². The number of nitrogens with two attached hydrogens (primary N) is 1. The van der Waals surface area contributed by atoms with Gasteiger partial charge < -0.3 is 10.6 Å². The number of unbranched alkanes of at least 4 members (excludes halogenated alkanes) is 1. The molecule has 0 aromatic carbocycles. The molecule has 1 saturated heterocycles. The maximum absolute atomic E-state index is 12.1. The SMILES string of the molecule is CCCCC(CC)CC(=O)N1CCC(CN)C1. The van der Waals surface area contributed by atoms with Crippen LogP contribution in [-0.2, 0) is 4.79 Å². The highest BCUT2D eigenvalue weighted by Crippen LogP contribution is 2.21. The third-order valence-electron chi connectivity index (χ3n) is 3.98. The number of rotatable bonds is 7. The van der Waals surface area contributed by atoms with Gasteiger partial charge in [-0.15, -0.1) is 0 Å². The average Bonchev–Trinajstić information content (AvgIpc) is 2.83. The first-order valence-corrected chi connectivity index (χ1v) is 7.19. The average molecular weight is 240 g/mol. The summed E-state index contributed by atoms with van der Waals surface area (Å²) in [6.45, 7) is 6.93. The van der Waals surface area contributed by atoms with Gasteiger partial charge in [-0.2, -0.15) is 0 Å². The van der Waals surface area contributed by atoms with Crippen molar-refractivity contribution in [2.75, 3.05) is 19.6 Å². The lowest BCUT2D eigenvalue weighted by molar-refractivity contribution is -0.131. The van der Waals surface area contributed by atoms with Gasteiger partial charge in [-0.25, -0.2) is 0 Å². The zero-order valence-corrected chi connectivity index (χ0v) is 11.5. The number of likely N-dealkylation sites (tertiary alicyclic amines) is 1. The predicted octanol–water partition coefficient (Wildman–Crippen LogP) is 2.40. The minimum Gasteiger partial charge on any atom is -0.342 e. The molecule has 0 saturated carbocycles. The Hall–Kier alpha value is -0.570. The van der Waals surface area contributed by atoms with Crippen LogP contribution in [0.15, 0.2) is 0 Å². The van der Waals surface area contributed by atoms with Crippen LogP contribution < -0.4 is 5.73 Å². The van der Waals surface area contributed by atoms with Gasteiger partial charge in [-0.3, -0.25) is 4.79 Å². The lowest BCUT2D eigenvalue weighted by Gasteiger charge is -2.20. The van der Waals surface area contributed by atoms with Crippen LogP contribution in [0, 0.1) is 11.8 Å². The summed E-state index contributed by atoms with van der Waals surface area (Å²) in [6, 6.07) is 0. The second-order valence-corrected chi connectivity index (χ2v) is 5.35. The third kappa shape index (κ3) is 4.66. The van der Waals surface area contributed by atoms with E-state index in [2.05, 4.69) is 13.8 Å². The van der Waals surface area contributed by atoms with Gasteiger partial charge in [0.25, 0.3) is 0 Å². The van der Waals surface area contributed by atoms with Crippen LogP contribution in [0.3, 0.4) is 0 Å². The van der Waals surface area contributed by atoms with Crippen LogP contribution in [0.1, 0.15) is 52.4 Å². The maximum atomic E-state index is 12.1. The first-order valence-electron chi connectivity index (χ1n) is 7.19. The number of amides is 1. The molecule has 0 bridgehead atoms. The van der Waals surface area contributed by atoms with E-state index in [0.29, 0.717) is 17.7 Å². The molecule has 17 heavy (non-hydrogen) atoms. The molecule has 100 valence electrons. The smallest absolute Gasteiger partial charge is 0.222 e. The summed E-state index contributed by atoms with van der Waals surface area (Å²) in [6.07, 6.45) is 6.63. The van der Waals surface area contributed by atoms with Crippen molar-refractivity contribution in [2.24, 2.45) is 17.6 Å². The fourth-order valence-electron chi connectivity index (χ4n) is 2.57. The van der Waals surface area contributed by atoms with Gasteiger partial charge in [0.1, 0.15) is 0 Å². The van der Waals surface area contributed by atoms with Crippen molar-refractivity contribution >= 4 is 5.91 Å². The van der Waals surface area contributed by atoms with E-state index in [0.717, 1.165) is 38.9 Å². The minimum absolute atomic E-state index is 0.351. The van der Waals surface area contributed by atoms with Gasteiger partial charge in [0.05, 0.1) is 0 Å². The highest BCUT2D eigenvalue weighted by atomic mass is 16.2. The van der Waals surface area contributed by atoms with Gasteiger partial charge in [0.15, 0.2) is 0 Å². The number of carbonyl (C=O) groups is 1. The van der Waals surface area contributed by atoms with E-state index in [4.69, 9.17) is 5.73 Å². The summed E-state index contributed by atoms with van der Waals surface area (Å²) < 4.78 is 0. The van der Waals surface area contributed by atoms with Crippen LogP contribution >= 0.6 is 0 Å². The van der Waals surface area contributed by atoms with E-state index in [9.17, 15) is 4.79 Å².